The molecule has 6 heteroatoms. The summed E-state index contributed by atoms with van der Waals surface area (Å²) in [6, 6.07) is 10.9. The normalized spacial score (nSPS) is 16.3. The first-order chi connectivity index (χ1) is 13.7. The molecule has 0 radical (unpaired) electrons. The van der Waals surface area contributed by atoms with Gasteiger partial charge < -0.3 is 20.3 Å². The molecule has 166 valence electrons. The Morgan fingerprint density at radius 2 is 1.79 bits per heavy atom. The molecule has 1 heterocycles. The van der Waals surface area contributed by atoms with Crippen molar-refractivity contribution >= 4 is 29.9 Å². The number of benzene rings is 1. The van der Waals surface area contributed by atoms with Crippen molar-refractivity contribution in [2.24, 2.45) is 10.9 Å². The third kappa shape index (κ3) is 8.06. The van der Waals surface area contributed by atoms with Gasteiger partial charge in [-0.05, 0) is 50.3 Å². The number of guanidine groups is 1. The molecule has 1 aromatic carbocycles. The maximum atomic E-state index is 5.19. The first-order valence-electron chi connectivity index (χ1n) is 10.9. The van der Waals surface area contributed by atoms with Gasteiger partial charge in [-0.1, -0.05) is 44.2 Å². The lowest BCUT2D eigenvalue weighted by atomic mass is 9.76. The first-order valence-corrected chi connectivity index (χ1v) is 10.9. The van der Waals surface area contributed by atoms with E-state index in [-0.39, 0.29) is 29.4 Å². The third-order valence-electron chi connectivity index (χ3n) is 6.43. The molecule has 1 aliphatic heterocycles. The van der Waals surface area contributed by atoms with Crippen LogP contribution in [0.2, 0.25) is 0 Å². The number of hydrogen-bond acceptors (Lipinski definition) is 3. The maximum absolute atomic E-state index is 5.19. The number of nitrogens with zero attached hydrogens (tertiary/aromatic N) is 2. The number of likely N-dealkylation sites (tertiary alicyclic amines) is 1. The van der Waals surface area contributed by atoms with Crippen LogP contribution < -0.4 is 10.6 Å². The van der Waals surface area contributed by atoms with Gasteiger partial charge in [0.05, 0.1) is 6.61 Å². The maximum Gasteiger partial charge on any atom is 0.191 e. The molecule has 1 aliphatic rings. The minimum Gasteiger partial charge on any atom is -0.383 e. The zero-order valence-corrected chi connectivity index (χ0v) is 21.1. The largest absolute Gasteiger partial charge is 0.383 e. The van der Waals surface area contributed by atoms with Gasteiger partial charge in [-0.15, -0.1) is 24.0 Å². The number of rotatable bonds is 10. The van der Waals surface area contributed by atoms with Gasteiger partial charge in [0.25, 0.3) is 0 Å². The average molecular weight is 517 g/mol. The van der Waals surface area contributed by atoms with Crippen molar-refractivity contribution in [2.45, 2.75) is 44.9 Å². The molecule has 0 amide bonds. The second-order valence-electron chi connectivity index (χ2n) is 7.94. The lowest BCUT2D eigenvalue weighted by Gasteiger charge is -2.34. The molecule has 0 aromatic heterocycles. The van der Waals surface area contributed by atoms with Gasteiger partial charge in [0.2, 0.25) is 0 Å². The monoisotopic (exact) mass is 516 g/mol. The molecule has 0 atom stereocenters. The summed E-state index contributed by atoms with van der Waals surface area (Å²) in [4.78, 5) is 6.96. The van der Waals surface area contributed by atoms with Gasteiger partial charge in [-0.3, -0.25) is 4.99 Å². The second-order valence-corrected chi connectivity index (χ2v) is 7.94. The highest BCUT2D eigenvalue weighted by atomic mass is 127. The molecule has 1 fully saturated rings. The minimum atomic E-state index is 0. The molecule has 0 aliphatic carbocycles. The molecular weight excluding hydrogens is 475 g/mol. The van der Waals surface area contributed by atoms with E-state index in [9.17, 15) is 0 Å². The van der Waals surface area contributed by atoms with E-state index in [1.54, 1.807) is 7.11 Å². The Kier molecular flexibility index (Phi) is 12.8. The fourth-order valence-corrected chi connectivity index (χ4v) is 4.15. The van der Waals surface area contributed by atoms with Crippen LogP contribution in [0.3, 0.4) is 0 Å². The molecule has 2 rings (SSSR count). The van der Waals surface area contributed by atoms with Crippen LogP contribution in [0.15, 0.2) is 35.3 Å². The van der Waals surface area contributed by atoms with E-state index < -0.39 is 0 Å². The van der Waals surface area contributed by atoms with Crippen molar-refractivity contribution in [3.63, 3.8) is 0 Å². The molecule has 0 spiro atoms. The Bertz CT molecular complexity index is 570. The molecule has 1 aromatic rings. The number of aliphatic imine (C=N–C) groups is 1. The van der Waals surface area contributed by atoms with Crippen molar-refractivity contribution < 1.29 is 4.74 Å². The SMILES string of the molecule is CCC(CC)(CNC(=NC)NCC1CCN(CCOC)CC1)c1ccccc1.I. The van der Waals surface area contributed by atoms with Crippen LogP contribution in [0.25, 0.3) is 0 Å². The van der Waals surface area contributed by atoms with Crippen molar-refractivity contribution in [1.29, 1.82) is 0 Å². The standard InChI is InChI=1S/C23H40N4O.HI/c1-5-23(6-2,21-10-8-7-9-11-21)19-26-22(24-3)25-18-20-12-14-27(15-13-20)16-17-28-4;/h7-11,20H,5-6,12-19H2,1-4H3,(H2,24,25,26);1H. The molecule has 0 saturated carbocycles. The first kappa shape index (κ1) is 26.2. The lowest BCUT2D eigenvalue weighted by Crippen LogP contribution is -2.47. The predicted molar refractivity (Wildman–Crippen MR) is 135 cm³/mol. The zero-order valence-electron chi connectivity index (χ0n) is 18.7. The highest BCUT2D eigenvalue weighted by Gasteiger charge is 2.28. The summed E-state index contributed by atoms with van der Waals surface area (Å²) >= 11 is 0. The molecule has 0 bridgehead atoms. The highest BCUT2D eigenvalue weighted by molar-refractivity contribution is 14.0. The van der Waals surface area contributed by atoms with E-state index in [1.807, 2.05) is 7.05 Å². The number of ether oxygens (including phenoxy) is 1. The summed E-state index contributed by atoms with van der Waals surface area (Å²) < 4.78 is 5.19. The lowest BCUT2D eigenvalue weighted by molar-refractivity contribution is 0.121. The second kappa shape index (κ2) is 14.2. The number of piperidine rings is 1. The van der Waals surface area contributed by atoms with Gasteiger partial charge >= 0.3 is 0 Å². The van der Waals surface area contributed by atoms with Crippen LogP contribution in [0.4, 0.5) is 0 Å². The fraction of sp³-hybridized carbons (Fsp3) is 0.696. The van der Waals surface area contributed by atoms with Crippen LogP contribution in [0, 0.1) is 5.92 Å². The average Bonchev–Trinajstić information content (AvgIpc) is 2.76. The zero-order chi connectivity index (χ0) is 20.2. The molecular formula is C23H41IN4O. The Labute approximate surface area is 195 Å². The number of halogens is 1. The predicted octanol–water partition coefficient (Wildman–Crippen LogP) is 3.89. The van der Waals surface area contributed by atoms with Gasteiger partial charge in [0, 0.05) is 39.2 Å². The van der Waals surface area contributed by atoms with Crippen LogP contribution in [-0.4, -0.2) is 64.3 Å². The summed E-state index contributed by atoms with van der Waals surface area (Å²) in [5.74, 6) is 1.64. The van der Waals surface area contributed by atoms with Crippen molar-refractivity contribution in [2.75, 3.05) is 53.5 Å². The van der Waals surface area contributed by atoms with Gasteiger partial charge in [-0.25, -0.2) is 0 Å². The molecule has 1 saturated heterocycles. The third-order valence-corrected chi connectivity index (χ3v) is 6.43. The Hall–Kier alpha value is -0.860. The number of nitrogens with one attached hydrogen (secondary N) is 2. The van der Waals surface area contributed by atoms with Crippen LogP contribution in [-0.2, 0) is 10.2 Å². The van der Waals surface area contributed by atoms with Gasteiger partial charge in [0.15, 0.2) is 5.96 Å². The van der Waals surface area contributed by atoms with E-state index in [0.717, 1.165) is 45.0 Å². The number of methoxy groups -OCH3 is 1. The summed E-state index contributed by atoms with van der Waals surface area (Å²) in [7, 11) is 3.64. The van der Waals surface area contributed by atoms with E-state index in [1.165, 1.54) is 31.5 Å². The Balaban J connectivity index is 0.00000420. The smallest absolute Gasteiger partial charge is 0.191 e. The summed E-state index contributed by atoms with van der Waals surface area (Å²) in [6.45, 7) is 10.7. The van der Waals surface area contributed by atoms with E-state index in [0.29, 0.717) is 5.92 Å². The molecule has 0 unspecified atom stereocenters. The van der Waals surface area contributed by atoms with Crippen LogP contribution >= 0.6 is 24.0 Å². The van der Waals surface area contributed by atoms with Crippen LogP contribution in [0.1, 0.15) is 45.1 Å². The Morgan fingerprint density at radius 3 is 2.34 bits per heavy atom. The topological polar surface area (TPSA) is 48.9 Å². The van der Waals surface area contributed by atoms with Crippen molar-refractivity contribution in [3.8, 4) is 0 Å². The van der Waals surface area contributed by atoms with E-state index >= 15 is 0 Å². The fourth-order valence-electron chi connectivity index (χ4n) is 4.15. The van der Waals surface area contributed by atoms with Gasteiger partial charge in [0.1, 0.15) is 0 Å². The van der Waals surface area contributed by atoms with Crippen molar-refractivity contribution in [1.82, 2.24) is 15.5 Å². The molecule has 29 heavy (non-hydrogen) atoms. The minimum absolute atomic E-state index is 0. The van der Waals surface area contributed by atoms with Crippen molar-refractivity contribution in [3.05, 3.63) is 35.9 Å². The van der Waals surface area contributed by atoms with Gasteiger partial charge in [-0.2, -0.15) is 0 Å². The molecule has 5 nitrogen and oxygen atoms in total. The van der Waals surface area contributed by atoms with E-state index in [4.69, 9.17) is 4.74 Å². The quantitative estimate of drug-likeness (QED) is 0.282. The summed E-state index contributed by atoms with van der Waals surface area (Å²) in [5, 5.41) is 7.16. The highest BCUT2D eigenvalue weighted by Crippen LogP contribution is 2.30. The number of hydrogen-bond donors (Lipinski definition) is 2. The molecule has 2 N–H and O–H groups in total. The Morgan fingerprint density at radius 1 is 1.14 bits per heavy atom. The summed E-state index contributed by atoms with van der Waals surface area (Å²) in [5.41, 5.74) is 1.55. The van der Waals surface area contributed by atoms with E-state index in [2.05, 4.69) is 64.7 Å². The van der Waals surface area contributed by atoms with Crippen LogP contribution in [0.5, 0.6) is 0 Å². The summed E-state index contributed by atoms with van der Waals surface area (Å²) in [6.07, 6.45) is 4.70.